The van der Waals surface area contributed by atoms with Gasteiger partial charge in [-0.25, -0.2) is 0 Å². The van der Waals surface area contributed by atoms with Gasteiger partial charge in [0.1, 0.15) is 16.5 Å². The van der Waals surface area contributed by atoms with E-state index in [0.717, 1.165) is 23.4 Å². The first-order valence-electron chi connectivity index (χ1n) is 6.72. The van der Waals surface area contributed by atoms with Gasteiger partial charge in [0.15, 0.2) is 0 Å². The van der Waals surface area contributed by atoms with Gasteiger partial charge in [0, 0.05) is 11.6 Å². The minimum absolute atomic E-state index is 0.0919. The molecule has 0 bridgehead atoms. The van der Waals surface area contributed by atoms with Crippen molar-refractivity contribution in [3.63, 3.8) is 0 Å². The normalized spacial score (nSPS) is 12.4. The van der Waals surface area contributed by atoms with Crippen molar-refractivity contribution < 1.29 is 9.34 Å². The first kappa shape index (κ1) is 15.5. The van der Waals surface area contributed by atoms with Gasteiger partial charge in [0.25, 0.3) is 5.69 Å². The van der Waals surface area contributed by atoms with Crippen LogP contribution in [0.25, 0.3) is 11.3 Å². The summed E-state index contributed by atoms with van der Waals surface area (Å²) >= 11 is 5.97. The van der Waals surface area contributed by atoms with Gasteiger partial charge in [0.2, 0.25) is 0 Å². The Morgan fingerprint density at radius 3 is 2.76 bits per heavy atom. The number of nitro groups is 1. The molecule has 1 aromatic heterocycles. The third kappa shape index (κ3) is 3.25. The standard InChI is InChI=1S/C15H17ClN2O3/c1-4-17-10(3)14-5-6-15(21-14)11-8-12(16)13(18(19)20)7-9(11)2/h5-8,10,17H,4H2,1-3H3. The molecule has 0 aliphatic carbocycles. The highest BCUT2D eigenvalue weighted by molar-refractivity contribution is 6.33. The Labute approximate surface area is 128 Å². The topological polar surface area (TPSA) is 68.3 Å². The number of rotatable bonds is 5. The molecule has 6 heteroatoms. The molecule has 0 spiro atoms. The van der Waals surface area contributed by atoms with Gasteiger partial charge in [0.05, 0.1) is 11.0 Å². The van der Waals surface area contributed by atoms with Gasteiger partial charge in [-0.15, -0.1) is 0 Å². The fraction of sp³-hybridized carbons (Fsp3) is 0.333. The third-order valence-corrected chi connectivity index (χ3v) is 3.62. The highest BCUT2D eigenvalue weighted by Gasteiger charge is 2.18. The van der Waals surface area contributed by atoms with E-state index in [1.54, 1.807) is 13.0 Å². The largest absolute Gasteiger partial charge is 0.459 e. The molecule has 1 heterocycles. The second-order valence-electron chi connectivity index (χ2n) is 4.86. The van der Waals surface area contributed by atoms with Gasteiger partial charge in [-0.2, -0.15) is 0 Å². The summed E-state index contributed by atoms with van der Waals surface area (Å²) in [6.45, 7) is 6.69. The van der Waals surface area contributed by atoms with Crippen molar-refractivity contribution in [3.8, 4) is 11.3 Å². The number of furan rings is 1. The number of nitro benzene ring substituents is 1. The van der Waals surface area contributed by atoms with Crippen LogP contribution in [-0.4, -0.2) is 11.5 Å². The van der Waals surface area contributed by atoms with E-state index in [2.05, 4.69) is 5.32 Å². The first-order chi connectivity index (χ1) is 9.93. The monoisotopic (exact) mass is 308 g/mol. The molecule has 2 rings (SSSR count). The predicted octanol–water partition coefficient (Wildman–Crippen LogP) is 4.49. The molecule has 1 unspecified atom stereocenters. The average molecular weight is 309 g/mol. The van der Waals surface area contributed by atoms with Crippen LogP contribution in [0.1, 0.15) is 31.2 Å². The number of nitrogens with zero attached hydrogens (tertiary/aromatic N) is 1. The summed E-state index contributed by atoms with van der Waals surface area (Å²) in [5.74, 6) is 1.48. The highest BCUT2D eigenvalue weighted by Crippen LogP contribution is 2.34. The second-order valence-corrected chi connectivity index (χ2v) is 5.26. The van der Waals surface area contributed by atoms with E-state index in [9.17, 15) is 10.1 Å². The number of hydrogen-bond donors (Lipinski definition) is 1. The summed E-state index contributed by atoms with van der Waals surface area (Å²) in [7, 11) is 0. The van der Waals surface area contributed by atoms with E-state index in [0.29, 0.717) is 5.76 Å². The Morgan fingerprint density at radius 1 is 1.43 bits per heavy atom. The summed E-state index contributed by atoms with van der Waals surface area (Å²) in [4.78, 5) is 10.4. The van der Waals surface area contributed by atoms with Gasteiger partial charge < -0.3 is 9.73 Å². The van der Waals surface area contributed by atoms with E-state index in [1.807, 2.05) is 26.0 Å². The highest BCUT2D eigenvalue weighted by atomic mass is 35.5. The fourth-order valence-electron chi connectivity index (χ4n) is 2.21. The molecule has 0 saturated heterocycles. The molecule has 0 fully saturated rings. The zero-order valence-electron chi connectivity index (χ0n) is 12.1. The van der Waals surface area contributed by atoms with E-state index in [1.165, 1.54) is 6.07 Å². The number of hydrogen-bond acceptors (Lipinski definition) is 4. The minimum atomic E-state index is -0.486. The van der Waals surface area contributed by atoms with Gasteiger partial charge in [-0.1, -0.05) is 18.5 Å². The molecule has 0 amide bonds. The van der Waals surface area contributed by atoms with Crippen LogP contribution in [0.15, 0.2) is 28.7 Å². The van der Waals surface area contributed by atoms with Gasteiger partial charge in [-0.05, 0) is 44.2 Å². The lowest BCUT2D eigenvalue weighted by atomic mass is 10.1. The van der Waals surface area contributed by atoms with Crippen LogP contribution in [0.4, 0.5) is 5.69 Å². The van der Waals surface area contributed by atoms with Crippen molar-refractivity contribution in [2.75, 3.05) is 6.54 Å². The summed E-state index contributed by atoms with van der Waals surface area (Å²) in [6.07, 6.45) is 0. The molecular formula is C15H17ClN2O3. The van der Waals surface area contributed by atoms with Crippen molar-refractivity contribution in [3.05, 3.63) is 50.7 Å². The Kier molecular flexibility index (Phi) is 4.65. The van der Waals surface area contributed by atoms with Crippen LogP contribution >= 0.6 is 11.6 Å². The maximum Gasteiger partial charge on any atom is 0.288 e. The van der Waals surface area contributed by atoms with Gasteiger partial charge in [-0.3, -0.25) is 10.1 Å². The molecule has 5 nitrogen and oxygen atoms in total. The Bertz CT molecular complexity index is 667. The van der Waals surface area contributed by atoms with Crippen molar-refractivity contribution >= 4 is 17.3 Å². The smallest absolute Gasteiger partial charge is 0.288 e. The molecule has 1 N–H and O–H groups in total. The Morgan fingerprint density at radius 2 is 2.14 bits per heavy atom. The first-order valence-corrected chi connectivity index (χ1v) is 7.09. The Balaban J connectivity index is 2.39. The maximum absolute atomic E-state index is 10.9. The average Bonchev–Trinajstić information content (AvgIpc) is 2.90. The predicted molar refractivity (Wildman–Crippen MR) is 82.6 cm³/mol. The number of halogens is 1. The van der Waals surface area contributed by atoms with E-state index in [-0.39, 0.29) is 16.8 Å². The van der Waals surface area contributed by atoms with E-state index < -0.39 is 4.92 Å². The number of aryl methyl sites for hydroxylation is 1. The Hall–Kier alpha value is -1.85. The molecule has 1 aromatic carbocycles. The van der Waals surface area contributed by atoms with Crippen molar-refractivity contribution in [2.24, 2.45) is 0 Å². The number of benzene rings is 1. The van der Waals surface area contributed by atoms with Gasteiger partial charge >= 0.3 is 0 Å². The van der Waals surface area contributed by atoms with Crippen LogP contribution in [-0.2, 0) is 0 Å². The number of nitrogens with one attached hydrogen (secondary N) is 1. The van der Waals surface area contributed by atoms with Crippen molar-refractivity contribution in [1.29, 1.82) is 0 Å². The molecule has 112 valence electrons. The van der Waals surface area contributed by atoms with Crippen LogP contribution in [0.3, 0.4) is 0 Å². The molecule has 1 atom stereocenters. The quantitative estimate of drug-likeness (QED) is 0.653. The summed E-state index contributed by atoms with van der Waals surface area (Å²) in [6, 6.07) is 6.91. The third-order valence-electron chi connectivity index (χ3n) is 3.32. The molecule has 0 radical (unpaired) electrons. The lowest BCUT2D eigenvalue weighted by Crippen LogP contribution is -2.16. The molecular weight excluding hydrogens is 292 g/mol. The van der Waals surface area contributed by atoms with Crippen molar-refractivity contribution in [2.45, 2.75) is 26.8 Å². The summed E-state index contributed by atoms with van der Waals surface area (Å²) in [5, 5.41) is 14.3. The lowest BCUT2D eigenvalue weighted by Gasteiger charge is -2.09. The molecule has 2 aromatic rings. The lowest BCUT2D eigenvalue weighted by molar-refractivity contribution is -0.384. The van der Waals surface area contributed by atoms with Crippen LogP contribution in [0.5, 0.6) is 0 Å². The molecule has 0 aliphatic rings. The fourth-order valence-corrected chi connectivity index (χ4v) is 2.44. The van der Waals surface area contributed by atoms with Crippen LogP contribution in [0.2, 0.25) is 5.02 Å². The molecule has 0 saturated carbocycles. The van der Waals surface area contributed by atoms with Crippen LogP contribution in [0, 0.1) is 17.0 Å². The minimum Gasteiger partial charge on any atom is -0.459 e. The zero-order chi connectivity index (χ0) is 15.6. The van der Waals surface area contributed by atoms with Crippen LogP contribution < -0.4 is 5.32 Å². The molecule has 0 aliphatic heterocycles. The zero-order valence-corrected chi connectivity index (χ0v) is 12.9. The SMILES string of the molecule is CCNC(C)c1ccc(-c2cc(Cl)c([N+](=O)[O-])cc2C)o1. The van der Waals surface area contributed by atoms with E-state index >= 15 is 0 Å². The van der Waals surface area contributed by atoms with E-state index in [4.69, 9.17) is 16.0 Å². The van der Waals surface area contributed by atoms with Crippen molar-refractivity contribution in [1.82, 2.24) is 5.32 Å². The summed E-state index contributed by atoms with van der Waals surface area (Å²) < 4.78 is 5.83. The second kappa shape index (κ2) is 6.28. The maximum atomic E-state index is 10.9. The molecule has 21 heavy (non-hydrogen) atoms. The summed E-state index contributed by atoms with van der Waals surface area (Å²) in [5.41, 5.74) is 1.43.